The lowest BCUT2D eigenvalue weighted by Crippen LogP contribution is -2.40. The number of amidine groups is 1. The zero-order valence-electron chi connectivity index (χ0n) is 15.5. The molecule has 0 spiro atoms. The van der Waals surface area contributed by atoms with Crippen LogP contribution in [0.1, 0.15) is 43.2 Å². The molecule has 4 rings (SSSR count). The Bertz CT molecular complexity index is 885. The summed E-state index contributed by atoms with van der Waals surface area (Å²) in [4.78, 5) is 24.9. The average Bonchev–Trinajstić information content (AvgIpc) is 3.00. The Morgan fingerprint density at radius 1 is 1.11 bits per heavy atom. The number of aliphatic imine (C=N–C) groups is 1. The molecule has 1 amide bonds. The van der Waals surface area contributed by atoms with Crippen LogP contribution in [0.5, 0.6) is 0 Å². The Morgan fingerprint density at radius 3 is 2.63 bits per heavy atom. The summed E-state index contributed by atoms with van der Waals surface area (Å²) in [6.07, 6.45) is 9.43. The van der Waals surface area contributed by atoms with Crippen molar-refractivity contribution in [2.75, 3.05) is 0 Å². The van der Waals surface area contributed by atoms with E-state index in [1.165, 1.54) is 31.0 Å². The van der Waals surface area contributed by atoms with Gasteiger partial charge < -0.3 is 0 Å². The molecular formula is C22H23N3OS. The third kappa shape index (κ3) is 3.98. The third-order valence-corrected chi connectivity index (χ3v) is 6.09. The molecular weight excluding hydrogens is 354 g/mol. The smallest absolute Gasteiger partial charge is 0.267 e. The number of pyridine rings is 1. The van der Waals surface area contributed by atoms with Crippen LogP contribution in [0.25, 0.3) is 6.08 Å². The molecule has 2 heterocycles. The molecule has 0 atom stereocenters. The van der Waals surface area contributed by atoms with Crippen LogP contribution in [0.4, 0.5) is 5.82 Å². The Kier molecular flexibility index (Phi) is 5.39. The summed E-state index contributed by atoms with van der Waals surface area (Å²) < 4.78 is 0. The molecule has 0 N–H and O–H groups in total. The molecule has 0 bridgehead atoms. The van der Waals surface area contributed by atoms with Crippen LogP contribution in [0.15, 0.2) is 58.6 Å². The number of amides is 1. The van der Waals surface area contributed by atoms with E-state index < -0.39 is 0 Å². The van der Waals surface area contributed by atoms with Gasteiger partial charge in [0.2, 0.25) is 0 Å². The predicted molar refractivity (Wildman–Crippen MR) is 112 cm³/mol. The number of rotatable bonds is 3. The van der Waals surface area contributed by atoms with Crippen LogP contribution in [0.3, 0.4) is 0 Å². The number of hydrogen-bond acceptors (Lipinski definition) is 4. The number of hydrogen-bond donors (Lipinski definition) is 0. The molecule has 1 saturated heterocycles. The molecule has 0 unspecified atom stereocenters. The second-order valence-corrected chi connectivity index (χ2v) is 8.03. The molecule has 1 aromatic carbocycles. The van der Waals surface area contributed by atoms with Crippen LogP contribution < -0.4 is 0 Å². The first-order valence-electron chi connectivity index (χ1n) is 9.51. The van der Waals surface area contributed by atoms with Crippen molar-refractivity contribution < 1.29 is 4.79 Å². The topological polar surface area (TPSA) is 45.6 Å². The van der Waals surface area contributed by atoms with Gasteiger partial charge >= 0.3 is 0 Å². The van der Waals surface area contributed by atoms with E-state index in [0.717, 1.165) is 34.0 Å². The van der Waals surface area contributed by atoms with Gasteiger partial charge in [-0.15, -0.1) is 0 Å². The molecule has 5 heteroatoms. The van der Waals surface area contributed by atoms with Crippen molar-refractivity contribution in [2.45, 2.75) is 45.1 Å². The second kappa shape index (κ2) is 8.09. The maximum Gasteiger partial charge on any atom is 0.267 e. The zero-order valence-corrected chi connectivity index (χ0v) is 16.3. The fourth-order valence-corrected chi connectivity index (χ4v) is 4.67. The largest absolute Gasteiger partial charge is 0.283 e. The Hall–Kier alpha value is -2.40. The van der Waals surface area contributed by atoms with Crippen molar-refractivity contribution in [3.05, 3.63) is 64.7 Å². The quantitative estimate of drug-likeness (QED) is 0.680. The lowest BCUT2D eigenvalue weighted by molar-refractivity contribution is -0.124. The number of thioether (sulfide) groups is 1. The van der Waals surface area contributed by atoms with Gasteiger partial charge in [0.25, 0.3) is 5.91 Å². The lowest BCUT2D eigenvalue weighted by atomic mass is 9.94. The van der Waals surface area contributed by atoms with Crippen molar-refractivity contribution in [1.82, 2.24) is 9.88 Å². The Morgan fingerprint density at radius 2 is 1.89 bits per heavy atom. The van der Waals surface area contributed by atoms with Crippen LogP contribution in [0, 0.1) is 6.92 Å². The van der Waals surface area contributed by atoms with Crippen molar-refractivity contribution in [3.8, 4) is 0 Å². The fourth-order valence-electron chi connectivity index (χ4n) is 3.63. The number of nitrogens with zero attached hydrogens (tertiary/aromatic N) is 3. The highest BCUT2D eigenvalue weighted by Gasteiger charge is 2.38. The van der Waals surface area contributed by atoms with Crippen molar-refractivity contribution in [1.29, 1.82) is 0 Å². The molecule has 1 aromatic heterocycles. The van der Waals surface area contributed by atoms with Gasteiger partial charge in [0.15, 0.2) is 11.0 Å². The van der Waals surface area contributed by atoms with E-state index in [4.69, 9.17) is 4.99 Å². The first-order valence-corrected chi connectivity index (χ1v) is 10.3. The van der Waals surface area contributed by atoms with Crippen LogP contribution >= 0.6 is 11.8 Å². The first kappa shape index (κ1) is 18.0. The zero-order chi connectivity index (χ0) is 18.6. The standard InChI is InChI=1S/C22H23N3OS/c1-16-9-5-6-10-17(16)15-19-21(26)25(18-11-3-2-4-12-18)22(27-19)24-20-13-7-8-14-23-20/h5-10,13-15,18H,2-4,11-12H2,1H3/b19-15-,24-22+. The van der Waals surface area contributed by atoms with E-state index in [1.807, 2.05) is 41.3 Å². The van der Waals surface area contributed by atoms with Crippen molar-refractivity contribution >= 4 is 34.7 Å². The van der Waals surface area contributed by atoms with Gasteiger partial charge in [0.1, 0.15) is 0 Å². The monoisotopic (exact) mass is 377 g/mol. The van der Waals surface area contributed by atoms with Crippen molar-refractivity contribution in [3.63, 3.8) is 0 Å². The minimum atomic E-state index is 0.0739. The first-order chi connectivity index (χ1) is 13.2. The van der Waals surface area contributed by atoms with Gasteiger partial charge in [-0.3, -0.25) is 9.69 Å². The molecule has 4 nitrogen and oxygen atoms in total. The van der Waals surface area contributed by atoms with Gasteiger partial charge in [0, 0.05) is 12.2 Å². The van der Waals surface area contributed by atoms with Crippen LogP contribution in [-0.4, -0.2) is 27.0 Å². The Labute approximate surface area is 164 Å². The lowest BCUT2D eigenvalue weighted by Gasteiger charge is -2.30. The molecule has 138 valence electrons. The molecule has 2 aromatic rings. The number of aryl methyl sites for hydroxylation is 1. The highest BCUT2D eigenvalue weighted by molar-refractivity contribution is 8.18. The average molecular weight is 378 g/mol. The predicted octanol–water partition coefficient (Wildman–Crippen LogP) is 5.33. The minimum absolute atomic E-state index is 0.0739. The SMILES string of the molecule is Cc1ccccc1/C=C1\S/C(=N/c2ccccn2)N(C2CCCCC2)C1=O. The van der Waals surface area contributed by atoms with Crippen LogP contribution in [-0.2, 0) is 4.79 Å². The number of carbonyl (C=O) groups is 1. The summed E-state index contributed by atoms with van der Waals surface area (Å²) >= 11 is 1.47. The molecule has 1 saturated carbocycles. The highest BCUT2D eigenvalue weighted by Crippen LogP contribution is 2.38. The molecule has 0 radical (unpaired) electrons. The van der Waals surface area contributed by atoms with Crippen LogP contribution in [0.2, 0.25) is 0 Å². The van der Waals surface area contributed by atoms with Crippen molar-refractivity contribution in [2.24, 2.45) is 4.99 Å². The summed E-state index contributed by atoms with van der Waals surface area (Å²) in [5.41, 5.74) is 2.24. The van der Waals surface area contributed by atoms with E-state index in [2.05, 4.69) is 24.0 Å². The Balaban J connectivity index is 1.71. The van der Waals surface area contributed by atoms with E-state index in [9.17, 15) is 4.79 Å². The minimum Gasteiger partial charge on any atom is -0.283 e. The van der Waals surface area contributed by atoms with Gasteiger partial charge in [-0.25, -0.2) is 9.98 Å². The molecule has 2 fully saturated rings. The maximum absolute atomic E-state index is 13.3. The van der Waals surface area contributed by atoms with E-state index in [-0.39, 0.29) is 11.9 Å². The maximum atomic E-state index is 13.3. The van der Waals surface area contributed by atoms with E-state index in [1.54, 1.807) is 6.20 Å². The highest BCUT2D eigenvalue weighted by atomic mass is 32.2. The fraction of sp³-hybridized carbons (Fsp3) is 0.318. The summed E-state index contributed by atoms with van der Waals surface area (Å²) in [5, 5.41) is 0.755. The summed E-state index contributed by atoms with van der Waals surface area (Å²) in [6.45, 7) is 2.07. The third-order valence-electron chi connectivity index (χ3n) is 5.11. The van der Waals surface area contributed by atoms with Gasteiger partial charge in [-0.2, -0.15) is 0 Å². The molecule has 1 aliphatic heterocycles. The van der Waals surface area contributed by atoms with E-state index >= 15 is 0 Å². The second-order valence-electron chi connectivity index (χ2n) is 7.02. The summed E-state index contributed by atoms with van der Waals surface area (Å²) in [5.74, 6) is 0.718. The number of benzene rings is 1. The van der Waals surface area contributed by atoms with Gasteiger partial charge in [0.05, 0.1) is 4.91 Å². The molecule has 2 aliphatic rings. The van der Waals surface area contributed by atoms with Gasteiger partial charge in [-0.1, -0.05) is 49.6 Å². The number of carbonyl (C=O) groups excluding carboxylic acids is 1. The van der Waals surface area contributed by atoms with E-state index in [0.29, 0.717) is 5.82 Å². The summed E-state index contributed by atoms with van der Waals surface area (Å²) in [7, 11) is 0. The number of aromatic nitrogens is 1. The normalized spacial score (nSPS) is 21.4. The molecule has 1 aliphatic carbocycles. The molecule has 27 heavy (non-hydrogen) atoms. The van der Waals surface area contributed by atoms with Gasteiger partial charge in [-0.05, 0) is 60.9 Å². The summed E-state index contributed by atoms with van der Waals surface area (Å²) in [6, 6.07) is 14.0.